The van der Waals surface area contributed by atoms with Crippen LogP contribution in [-0.2, 0) is 6.54 Å². The van der Waals surface area contributed by atoms with Gasteiger partial charge in [-0.2, -0.15) is 0 Å². The van der Waals surface area contributed by atoms with Crippen LogP contribution in [-0.4, -0.2) is 20.0 Å². The van der Waals surface area contributed by atoms with E-state index in [0.717, 1.165) is 5.56 Å². The van der Waals surface area contributed by atoms with E-state index in [0.29, 0.717) is 5.02 Å². The summed E-state index contributed by atoms with van der Waals surface area (Å²) in [6.45, 7) is 0.209. The fourth-order valence-corrected chi connectivity index (χ4v) is 3.16. The minimum atomic E-state index is -0.873. The number of carbonyl (C=O) groups is 1. The van der Waals surface area contributed by atoms with E-state index in [2.05, 4.69) is 5.32 Å². The van der Waals surface area contributed by atoms with Crippen molar-refractivity contribution in [2.24, 2.45) is 0 Å². The average Bonchev–Trinajstić information content (AvgIpc) is 3.23. The van der Waals surface area contributed by atoms with Crippen LogP contribution in [0.3, 0.4) is 0 Å². The molecule has 0 saturated heterocycles. The molecule has 0 saturated carbocycles. The Hall–Kier alpha value is -3.78. The molecule has 8 nitrogen and oxygen atoms in total. The number of nitrogens with one attached hydrogen (secondary N) is 1. The number of aromatic nitrogens is 2. The summed E-state index contributed by atoms with van der Waals surface area (Å²) in [4.78, 5) is 37.4. The Balaban J connectivity index is 1.75. The zero-order valence-electron chi connectivity index (χ0n) is 14.8. The van der Waals surface area contributed by atoms with Crippen LogP contribution in [0.1, 0.15) is 16.1 Å². The number of hydrogen-bond acceptors (Lipinski definition) is 5. The molecule has 0 bridgehead atoms. The summed E-state index contributed by atoms with van der Waals surface area (Å²) in [6, 6.07) is 9.97. The first-order chi connectivity index (χ1) is 13.9. The van der Waals surface area contributed by atoms with E-state index in [1.165, 1.54) is 46.0 Å². The summed E-state index contributed by atoms with van der Waals surface area (Å²) < 4.78 is 7.61. The predicted molar refractivity (Wildman–Crippen MR) is 107 cm³/mol. The molecule has 2 N–H and O–H groups in total. The van der Waals surface area contributed by atoms with E-state index in [-0.39, 0.29) is 23.5 Å². The molecule has 146 valence electrons. The molecule has 0 aliphatic carbocycles. The molecular formula is C20H14ClN3O5. The van der Waals surface area contributed by atoms with Crippen LogP contribution in [0, 0.1) is 0 Å². The molecule has 3 aromatic heterocycles. The van der Waals surface area contributed by atoms with E-state index >= 15 is 0 Å². The molecule has 9 heteroatoms. The van der Waals surface area contributed by atoms with E-state index in [1.807, 2.05) is 6.07 Å². The molecule has 0 fully saturated rings. The standard InChI is InChI=1S/C20H14ClN3O5/c21-13-4-1-3-12(9-13)10-24-7-6-23-11-14(17(25)18(26)16(23)20(24)28)22-19(27)15-5-2-8-29-15/h1-9,11,26H,10H2,(H,22,27). The number of benzene rings is 1. The third-order valence-corrected chi connectivity index (χ3v) is 4.55. The van der Waals surface area contributed by atoms with Crippen LogP contribution < -0.4 is 16.3 Å². The number of halogens is 1. The van der Waals surface area contributed by atoms with Gasteiger partial charge in [0.05, 0.1) is 12.8 Å². The van der Waals surface area contributed by atoms with Crippen molar-refractivity contribution >= 4 is 28.7 Å². The highest BCUT2D eigenvalue weighted by molar-refractivity contribution is 6.30. The Kier molecular flexibility index (Phi) is 4.69. The van der Waals surface area contributed by atoms with Gasteiger partial charge in [0.2, 0.25) is 5.43 Å². The van der Waals surface area contributed by atoms with Gasteiger partial charge in [-0.3, -0.25) is 14.4 Å². The Morgan fingerprint density at radius 3 is 2.72 bits per heavy atom. The lowest BCUT2D eigenvalue weighted by Crippen LogP contribution is -2.26. The first-order valence-electron chi connectivity index (χ1n) is 8.51. The van der Waals surface area contributed by atoms with E-state index < -0.39 is 22.6 Å². The van der Waals surface area contributed by atoms with Gasteiger partial charge in [-0.1, -0.05) is 23.7 Å². The Morgan fingerprint density at radius 1 is 1.17 bits per heavy atom. The molecule has 0 spiro atoms. The highest BCUT2D eigenvalue weighted by atomic mass is 35.5. The number of aromatic hydroxyl groups is 1. The molecular weight excluding hydrogens is 398 g/mol. The van der Waals surface area contributed by atoms with Crippen molar-refractivity contribution in [1.29, 1.82) is 0 Å². The molecule has 0 aliphatic rings. The maximum Gasteiger partial charge on any atom is 0.291 e. The largest absolute Gasteiger partial charge is 0.502 e. The topological polar surface area (TPSA) is 106 Å². The molecule has 0 radical (unpaired) electrons. The summed E-state index contributed by atoms with van der Waals surface area (Å²) in [5, 5.41) is 13.3. The van der Waals surface area contributed by atoms with Gasteiger partial charge in [0.25, 0.3) is 11.5 Å². The van der Waals surface area contributed by atoms with Crippen molar-refractivity contribution in [1.82, 2.24) is 8.97 Å². The van der Waals surface area contributed by atoms with Gasteiger partial charge in [-0.15, -0.1) is 0 Å². The molecule has 1 aromatic carbocycles. The minimum Gasteiger partial charge on any atom is -0.502 e. The van der Waals surface area contributed by atoms with Crippen molar-refractivity contribution < 1.29 is 14.3 Å². The van der Waals surface area contributed by atoms with Crippen molar-refractivity contribution in [3.05, 3.63) is 98.2 Å². The van der Waals surface area contributed by atoms with E-state index in [9.17, 15) is 19.5 Å². The van der Waals surface area contributed by atoms with E-state index in [4.69, 9.17) is 16.0 Å². The Morgan fingerprint density at radius 2 is 2.00 bits per heavy atom. The Bertz CT molecular complexity index is 1340. The number of carbonyl (C=O) groups excluding carboxylic acids is 1. The van der Waals surface area contributed by atoms with Gasteiger partial charge >= 0.3 is 0 Å². The quantitative estimate of drug-likeness (QED) is 0.537. The highest BCUT2D eigenvalue weighted by Gasteiger charge is 2.17. The average molecular weight is 412 g/mol. The van der Waals surface area contributed by atoms with Gasteiger partial charge in [0, 0.05) is 23.6 Å². The number of fused-ring (bicyclic) bond motifs is 1. The van der Waals surface area contributed by atoms with Crippen LogP contribution in [0.4, 0.5) is 5.69 Å². The van der Waals surface area contributed by atoms with Crippen LogP contribution in [0.5, 0.6) is 5.75 Å². The smallest absolute Gasteiger partial charge is 0.291 e. The number of pyridine rings is 1. The third kappa shape index (κ3) is 3.53. The van der Waals surface area contributed by atoms with Crippen molar-refractivity contribution in [2.75, 3.05) is 5.32 Å². The highest BCUT2D eigenvalue weighted by Crippen LogP contribution is 2.16. The number of rotatable bonds is 4. The molecule has 1 amide bonds. The lowest BCUT2D eigenvalue weighted by Gasteiger charge is -2.11. The van der Waals surface area contributed by atoms with Crippen LogP contribution in [0.15, 0.2) is 75.3 Å². The predicted octanol–water partition coefficient (Wildman–Crippen LogP) is 2.71. The SMILES string of the molecule is O=C(Nc1cn2ccn(Cc3cccc(Cl)c3)c(=O)c2c(O)c1=O)c1ccco1. The number of anilines is 1. The number of nitrogens with zero attached hydrogens (tertiary/aromatic N) is 2. The third-order valence-electron chi connectivity index (χ3n) is 4.32. The first-order valence-corrected chi connectivity index (χ1v) is 8.88. The second kappa shape index (κ2) is 7.33. The van der Waals surface area contributed by atoms with E-state index in [1.54, 1.807) is 18.2 Å². The lowest BCUT2D eigenvalue weighted by atomic mass is 10.2. The fourth-order valence-electron chi connectivity index (χ4n) is 2.94. The van der Waals surface area contributed by atoms with Gasteiger partial charge in [0.15, 0.2) is 17.0 Å². The number of hydrogen-bond donors (Lipinski definition) is 2. The monoisotopic (exact) mass is 411 g/mol. The van der Waals surface area contributed by atoms with Gasteiger partial charge in [-0.25, -0.2) is 0 Å². The summed E-state index contributed by atoms with van der Waals surface area (Å²) in [5.74, 6) is -1.40. The minimum absolute atomic E-state index is 0.00549. The van der Waals surface area contributed by atoms with Crippen LogP contribution >= 0.6 is 11.6 Å². The van der Waals surface area contributed by atoms with Gasteiger partial charge in [-0.05, 0) is 29.8 Å². The lowest BCUT2D eigenvalue weighted by molar-refractivity contribution is 0.0996. The summed E-state index contributed by atoms with van der Waals surface area (Å²) in [6.07, 6.45) is 5.60. The zero-order chi connectivity index (χ0) is 20.5. The zero-order valence-corrected chi connectivity index (χ0v) is 15.6. The Labute approximate surface area is 168 Å². The fraction of sp³-hybridized carbons (Fsp3) is 0.0500. The molecule has 29 heavy (non-hydrogen) atoms. The number of amides is 1. The van der Waals surface area contributed by atoms with Crippen LogP contribution in [0.25, 0.3) is 5.52 Å². The molecule has 4 aromatic rings. The number of furan rings is 1. The summed E-state index contributed by atoms with van der Waals surface area (Å²) >= 11 is 5.97. The summed E-state index contributed by atoms with van der Waals surface area (Å²) in [5.41, 5.74) is -1.04. The second-order valence-corrected chi connectivity index (χ2v) is 6.71. The van der Waals surface area contributed by atoms with Crippen LogP contribution in [0.2, 0.25) is 5.02 Å². The summed E-state index contributed by atoms with van der Waals surface area (Å²) in [7, 11) is 0. The molecule has 3 heterocycles. The van der Waals surface area contributed by atoms with Gasteiger partial charge < -0.3 is 23.8 Å². The molecule has 0 atom stereocenters. The molecule has 4 rings (SSSR count). The van der Waals surface area contributed by atoms with Gasteiger partial charge in [0.1, 0.15) is 5.69 Å². The maximum atomic E-state index is 12.8. The molecule has 0 aliphatic heterocycles. The van der Waals surface area contributed by atoms with Crippen molar-refractivity contribution in [3.63, 3.8) is 0 Å². The first kappa shape index (κ1) is 18.6. The molecule has 0 unspecified atom stereocenters. The second-order valence-electron chi connectivity index (χ2n) is 6.27. The normalized spacial score (nSPS) is 10.9. The van der Waals surface area contributed by atoms with Crippen molar-refractivity contribution in [3.8, 4) is 5.75 Å². The van der Waals surface area contributed by atoms with Crippen molar-refractivity contribution in [2.45, 2.75) is 6.54 Å². The maximum absolute atomic E-state index is 12.8.